The van der Waals surface area contributed by atoms with Crippen molar-refractivity contribution in [3.05, 3.63) is 35.9 Å². The van der Waals surface area contributed by atoms with Gasteiger partial charge in [-0.25, -0.2) is 0 Å². The SMILES string of the molecule is CCCCCCCCCCCCCCCCN(C)CCCc1ccccc1. The normalized spacial score (nSPS) is 11.4. The lowest BCUT2D eigenvalue weighted by molar-refractivity contribution is 0.319. The van der Waals surface area contributed by atoms with Crippen molar-refractivity contribution in [2.75, 3.05) is 20.1 Å². The molecule has 1 nitrogen and oxygen atoms in total. The Morgan fingerprint density at radius 1 is 0.556 bits per heavy atom. The molecule has 0 fully saturated rings. The van der Waals surface area contributed by atoms with Crippen LogP contribution in [0.15, 0.2) is 30.3 Å². The number of hydrogen-bond acceptors (Lipinski definition) is 1. The van der Waals surface area contributed by atoms with Crippen LogP contribution < -0.4 is 0 Å². The second-order valence-corrected chi connectivity index (χ2v) is 8.49. The molecule has 0 saturated heterocycles. The van der Waals surface area contributed by atoms with Crippen LogP contribution in [-0.4, -0.2) is 25.0 Å². The molecule has 0 aliphatic heterocycles. The van der Waals surface area contributed by atoms with Gasteiger partial charge in [0.15, 0.2) is 0 Å². The van der Waals surface area contributed by atoms with Crippen molar-refractivity contribution in [1.82, 2.24) is 4.90 Å². The molecule has 0 heterocycles. The fourth-order valence-electron chi connectivity index (χ4n) is 3.89. The Balaban J connectivity index is 1.77. The van der Waals surface area contributed by atoms with Gasteiger partial charge in [0, 0.05) is 0 Å². The van der Waals surface area contributed by atoms with E-state index in [-0.39, 0.29) is 0 Å². The maximum atomic E-state index is 2.52. The van der Waals surface area contributed by atoms with Crippen LogP contribution in [0.4, 0.5) is 0 Å². The van der Waals surface area contributed by atoms with E-state index < -0.39 is 0 Å². The Morgan fingerprint density at radius 3 is 1.52 bits per heavy atom. The van der Waals surface area contributed by atoms with Crippen LogP contribution >= 0.6 is 0 Å². The minimum absolute atomic E-state index is 1.21. The number of hydrogen-bond donors (Lipinski definition) is 0. The van der Waals surface area contributed by atoms with Crippen molar-refractivity contribution >= 4 is 0 Å². The van der Waals surface area contributed by atoms with Crippen LogP contribution in [0.25, 0.3) is 0 Å². The minimum atomic E-state index is 1.21. The highest BCUT2D eigenvalue weighted by Gasteiger charge is 1.99. The number of unbranched alkanes of at least 4 members (excludes halogenated alkanes) is 13. The second kappa shape index (κ2) is 18.5. The molecule has 0 N–H and O–H groups in total. The van der Waals surface area contributed by atoms with E-state index in [1.165, 1.54) is 121 Å². The van der Waals surface area contributed by atoms with Gasteiger partial charge in [0.05, 0.1) is 0 Å². The first-order valence-corrected chi connectivity index (χ1v) is 12.1. The maximum absolute atomic E-state index is 2.52. The van der Waals surface area contributed by atoms with Crippen LogP contribution in [0.2, 0.25) is 0 Å². The van der Waals surface area contributed by atoms with Gasteiger partial charge in [-0.3, -0.25) is 0 Å². The lowest BCUT2D eigenvalue weighted by Crippen LogP contribution is -2.21. The van der Waals surface area contributed by atoms with E-state index in [4.69, 9.17) is 0 Å². The predicted octanol–water partition coefficient (Wildman–Crippen LogP) is 8.03. The van der Waals surface area contributed by atoms with Gasteiger partial charge in [-0.1, -0.05) is 121 Å². The Hall–Kier alpha value is -0.820. The lowest BCUT2D eigenvalue weighted by atomic mass is 10.0. The average Bonchev–Trinajstić information content (AvgIpc) is 2.69. The van der Waals surface area contributed by atoms with Gasteiger partial charge in [0.25, 0.3) is 0 Å². The van der Waals surface area contributed by atoms with Gasteiger partial charge in [0.1, 0.15) is 0 Å². The summed E-state index contributed by atoms with van der Waals surface area (Å²) < 4.78 is 0. The largest absolute Gasteiger partial charge is 0.306 e. The third kappa shape index (κ3) is 15.9. The summed E-state index contributed by atoms with van der Waals surface area (Å²) in [6.07, 6.45) is 22.7. The predicted molar refractivity (Wildman–Crippen MR) is 123 cm³/mol. The highest BCUT2D eigenvalue weighted by Crippen LogP contribution is 2.13. The zero-order valence-electron chi connectivity index (χ0n) is 18.6. The average molecular weight is 374 g/mol. The standard InChI is InChI=1S/C26H47N/c1-3-4-5-6-7-8-9-10-11-12-13-14-15-19-24-27(2)25-20-23-26-21-17-16-18-22-26/h16-18,21-22H,3-15,19-20,23-25H2,1-2H3. The molecule has 1 aromatic rings. The third-order valence-electron chi connectivity index (χ3n) is 5.74. The zero-order valence-corrected chi connectivity index (χ0v) is 18.6. The molecule has 1 rings (SSSR count). The molecule has 1 heteroatoms. The fraction of sp³-hybridized carbons (Fsp3) is 0.769. The highest BCUT2D eigenvalue weighted by molar-refractivity contribution is 5.14. The van der Waals surface area contributed by atoms with Crippen LogP contribution in [0, 0.1) is 0 Å². The Labute approximate surface area is 170 Å². The van der Waals surface area contributed by atoms with E-state index in [9.17, 15) is 0 Å². The fourth-order valence-corrected chi connectivity index (χ4v) is 3.89. The van der Waals surface area contributed by atoms with E-state index in [0.717, 1.165) is 0 Å². The first-order valence-electron chi connectivity index (χ1n) is 12.1. The van der Waals surface area contributed by atoms with Crippen molar-refractivity contribution in [2.45, 2.75) is 110 Å². The summed E-state index contributed by atoms with van der Waals surface area (Å²) in [5, 5.41) is 0. The first-order chi connectivity index (χ1) is 13.3. The van der Waals surface area contributed by atoms with Gasteiger partial charge < -0.3 is 4.90 Å². The molecule has 1 aromatic carbocycles. The summed E-state index contributed by atoms with van der Waals surface area (Å²) in [6, 6.07) is 10.9. The second-order valence-electron chi connectivity index (χ2n) is 8.49. The Bertz CT molecular complexity index is 400. The first kappa shape index (κ1) is 24.2. The molecule has 0 spiro atoms. The summed E-state index contributed by atoms with van der Waals surface area (Å²) in [7, 11) is 2.28. The van der Waals surface area contributed by atoms with Gasteiger partial charge in [-0.15, -0.1) is 0 Å². The van der Waals surface area contributed by atoms with E-state index in [2.05, 4.69) is 49.2 Å². The molecule has 0 amide bonds. The molecule has 0 unspecified atom stereocenters. The molecular formula is C26H47N. The summed E-state index contributed by atoms with van der Waals surface area (Å²) in [5.41, 5.74) is 1.47. The maximum Gasteiger partial charge on any atom is -0.00186 e. The molecule has 0 radical (unpaired) electrons. The van der Waals surface area contributed by atoms with Crippen molar-refractivity contribution in [3.63, 3.8) is 0 Å². The van der Waals surface area contributed by atoms with Gasteiger partial charge in [0.2, 0.25) is 0 Å². The van der Waals surface area contributed by atoms with Crippen molar-refractivity contribution in [3.8, 4) is 0 Å². The number of benzene rings is 1. The van der Waals surface area contributed by atoms with Crippen molar-refractivity contribution in [2.24, 2.45) is 0 Å². The number of nitrogens with zero attached hydrogens (tertiary/aromatic N) is 1. The third-order valence-corrected chi connectivity index (χ3v) is 5.74. The summed E-state index contributed by atoms with van der Waals surface area (Å²) in [6.45, 7) is 4.80. The van der Waals surface area contributed by atoms with Crippen LogP contribution in [0.5, 0.6) is 0 Å². The summed E-state index contributed by atoms with van der Waals surface area (Å²) in [5.74, 6) is 0. The molecule has 0 aromatic heterocycles. The molecule has 0 aliphatic carbocycles. The Morgan fingerprint density at radius 2 is 1.00 bits per heavy atom. The zero-order chi connectivity index (χ0) is 19.4. The van der Waals surface area contributed by atoms with E-state index in [1.54, 1.807) is 0 Å². The Kier molecular flexibility index (Phi) is 16.6. The molecule has 156 valence electrons. The molecule has 27 heavy (non-hydrogen) atoms. The van der Waals surface area contributed by atoms with Gasteiger partial charge in [-0.05, 0) is 45.0 Å². The van der Waals surface area contributed by atoms with Crippen LogP contribution in [0.3, 0.4) is 0 Å². The molecular weight excluding hydrogens is 326 g/mol. The minimum Gasteiger partial charge on any atom is -0.306 e. The van der Waals surface area contributed by atoms with E-state index in [0.29, 0.717) is 0 Å². The van der Waals surface area contributed by atoms with E-state index in [1.807, 2.05) is 0 Å². The monoisotopic (exact) mass is 373 g/mol. The smallest absolute Gasteiger partial charge is 0.00186 e. The lowest BCUT2D eigenvalue weighted by Gasteiger charge is -2.16. The topological polar surface area (TPSA) is 3.24 Å². The van der Waals surface area contributed by atoms with Crippen LogP contribution in [0.1, 0.15) is 109 Å². The van der Waals surface area contributed by atoms with Gasteiger partial charge >= 0.3 is 0 Å². The molecule has 0 saturated carbocycles. The quantitative estimate of drug-likeness (QED) is 0.222. The van der Waals surface area contributed by atoms with Crippen molar-refractivity contribution in [1.29, 1.82) is 0 Å². The van der Waals surface area contributed by atoms with E-state index >= 15 is 0 Å². The number of rotatable bonds is 19. The van der Waals surface area contributed by atoms with Gasteiger partial charge in [-0.2, -0.15) is 0 Å². The number of aryl methyl sites for hydroxylation is 1. The molecule has 0 bridgehead atoms. The molecule has 0 aliphatic rings. The summed E-state index contributed by atoms with van der Waals surface area (Å²) >= 11 is 0. The van der Waals surface area contributed by atoms with Crippen molar-refractivity contribution < 1.29 is 0 Å². The molecule has 0 atom stereocenters. The highest BCUT2D eigenvalue weighted by atomic mass is 15.1. The van der Waals surface area contributed by atoms with Crippen LogP contribution in [-0.2, 0) is 6.42 Å². The summed E-state index contributed by atoms with van der Waals surface area (Å²) in [4.78, 5) is 2.52.